The average Bonchev–Trinajstić information content (AvgIpc) is 2.53. The molecule has 2 rings (SSSR count). The number of benzene rings is 1. The maximum atomic E-state index is 12.9. The highest BCUT2D eigenvalue weighted by Gasteiger charge is 2.18. The van der Waals surface area contributed by atoms with E-state index in [1.165, 1.54) is 42.7 Å². The number of carbonyl (C=O) groups excluding carboxylic acids is 1. The molecule has 0 spiro atoms. The Kier molecular flexibility index (Phi) is 5.78. The molecule has 0 fully saturated rings. The fraction of sp³-hybridized carbons (Fsp3) is 0.471. The molecular weight excluding hydrogens is 269 g/mol. The van der Waals surface area contributed by atoms with Crippen molar-refractivity contribution in [1.82, 2.24) is 5.32 Å². The summed E-state index contributed by atoms with van der Waals surface area (Å²) >= 11 is 0. The second kappa shape index (κ2) is 7.81. The lowest BCUT2D eigenvalue weighted by Crippen LogP contribution is -2.39. The van der Waals surface area contributed by atoms with Crippen LogP contribution in [-0.2, 0) is 4.79 Å². The van der Waals surface area contributed by atoms with Crippen molar-refractivity contribution in [2.75, 3.05) is 6.54 Å². The van der Waals surface area contributed by atoms with Crippen LogP contribution in [0.2, 0.25) is 0 Å². The van der Waals surface area contributed by atoms with E-state index in [-0.39, 0.29) is 11.7 Å². The Morgan fingerprint density at radius 3 is 2.71 bits per heavy atom. The first-order valence-electron chi connectivity index (χ1n) is 7.57. The zero-order valence-electron chi connectivity index (χ0n) is 12.4. The number of nitrogens with one attached hydrogen (secondary N) is 1. The minimum Gasteiger partial charge on any atom is -0.481 e. The Morgan fingerprint density at radius 1 is 1.33 bits per heavy atom. The third-order valence-electron chi connectivity index (χ3n) is 3.63. The lowest BCUT2D eigenvalue weighted by atomic mass is 10.00. The number of hydrogen-bond donors (Lipinski definition) is 1. The van der Waals surface area contributed by atoms with Gasteiger partial charge in [-0.25, -0.2) is 4.39 Å². The molecule has 1 aliphatic carbocycles. The van der Waals surface area contributed by atoms with Crippen LogP contribution >= 0.6 is 0 Å². The molecule has 0 aliphatic heterocycles. The molecular formula is C17H22FNO2. The van der Waals surface area contributed by atoms with E-state index in [0.29, 0.717) is 18.7 Å². The van der Waals surface area contributed by atoms with Crippen LogP contribution in [0.25, 0.3) is 0 Å². The van der Waals surface area contributed by atoms with Crippen LogP contribution in [0.15, 0.2) is 35.9 Å². The molecule has 21 heavy (non-hydrogen) atoms. The minimum absolute atomic E-state index is 0.117. The summed E-state index contributed by atoms with van der Waals surface area (Å²) in [4.78, 5) is 12.2. The van der Waals surface area contributed by atoms with E-state index in [2.05, 4.69) is 11.4 Å². The van der Waals surface area contributed by atoms with Crippen LogP contribution in [0.3, 0.4) is 0 Å². The van der Waals surface area contributed by atoms with E-state index in [1.54, 1.807) is 0 Å². The quantitative estimate of drug-likeness (QED) is 0.813. The molecule has 0 radical (unpaired) electrons. The topological polar surface area (TPSA) is 38.3 Å². The first-order valence-corrected chi connectivity index (χ1v) is 7.57. The number of hydrogen-bond acceptors (Lipinski definition) is 2. The minimum atomic E-state index is -0.542. The van der Waals surface area contributed by atoms with E-state index >= 15 is 0 Å². The van der Waals surface area contributed by atoms with Gasteiger partial charge in [0, 0.05) is 6.54 Å². The smallest absolute Gasteiger partial charge is 0.261 e. The highest BCUT2D eigenvalue weighted by Crippen LogP contribution is 2.17. The SMILES string of the molecule is CC[C@@H](Oc1ccc(F)cc1)C(=O)NCC1=CCCCC1. The van der Waals surface area contributed by atoms with Crippen molar-refractivity contribution in [2.24, 2.45) is 0 Å². The maximum absolute atomic E-state index is 12.9. The maximum Gasteiger partial charge on any atom is 0.261 e. The van der Waals surface area contributed by atoms with Crippen LogP contribution in [0.1, 0.15) is 39.0 Å². The molecule has 0 bridgehead atoms. The number of halogens is 1. The zero-order valence-corrected chi connectivity index (χ0v) is 12.4. The summed E-state index contributed by atoms with van der Waals surface area (Å²) in [5.41, 5.74) is 1.30. The van der Waals surface area contributed by atoms with E-state index in [1.807, 2.05) is 6.92 Å². The molecule has 114 valence electrons. The third-order valence-corrected chi connectivity index (χ3v) is 3.63. The molecule has 3 nitrogen and oxygen atoms in total. The molecule has 1 aromatic carbocycles. The van der Waals surface area contributed by atoms with Crippen LogP contribution in [0, 0.1) is 5.82 Å². The first-order chi connectivity index (χ1) is 10.2. The standard InChI is InChI=1S/C17H22FNO2/c1-2-16(21-15-10-8-14(18)9-11-15)17(20)19-12-13-6-4-3-5-7-13/h6,8-11,16H,2-5,7,12H2,1H3,(H,19,20)/t16-/m1/s1. The second-order valence-corrected chi connectivity index (χ2v) is 5.29. The highest BCUT2D eigenvalue weighted by molar-refractivity contribution is 5.81. The second-order valence-electron chi connectivity index (χ2n) is 5.29. The lowest BCUT2D eigenvalue weighted by molar-refractivity contribution is -0.127. The lowest BCUT2D eigenvalue weighted by Gasteiger charge is -2.19. The van der Waals surface area contributed by atoms with Crippen molar-refractivity contribution in [1.29, 1.82) is 0 Å². The predicted octanol–water partition coefficient (Wildman–Crippen LogP) is 3.60. The van der Waals surface area contributed by atoms with Crippen LogP contribution < -0.4 is 10.1 Å². The van der Waals surface area contributed by atoms with E-state index in [4.69, 9.17) is 4.74 Å². The largest absolute Gasteiger partial charge is 0.481 e. The average molecular weight is 291 g/mol. The van der Waals surface area contributed by atoms with Gasteiger partial charge in [0.15, 0.2) is 6.10 Å². The Hall–Kier alpha value is -1.84. The van der Waals surface area contributed by atoms with Gasteiger partial charge in [0.25, 0.3) is 5.91 Å². The van der Waals surface area contributed by atoms with Gasteiger partial charge in [-0.2, -0.15) is 0 Å². The van der Waals surface area contributed by atoms with Gasteiger partial charge in [-0.1, -0.05) is 18.6 Å². The Morgan fingerprint density at radius 2 is 2.10 bits per heavy atom. The van der Waals surface area contributed by atoms with Crippen molar-refractivity contribution in [3.05, 3.63) is 41.7 Å². The van der Waals surface area contributed by atoms with Gasteiger partial charge < -0.3 is 10.1 Å². The number of amides is 1. The molecule has 1 atom stereocenters. The number of carbonyl (C=O) groups is 1. The van der Waals surface area contributed by atoms with Gasteiger partial charge in [0.05, 0.1) is 0 Å². The molecule has 0 saturated heterocycles. The number of allylic oxidation sites excluding steroid dienone is 1. The van der Waals surface area contributed by atoms with Crippen LogP contribution in [0.5, 0.6) is 5.75 Å². The molecule has 0 aromatic heterocycles. The Bertz CT molecular complexity index is 496. The van der Waals surface area contributed by atoms with Crippen molar-refractivity contribution in [2.45, 2.75) is 45.1 Å². The normalized spacial score (nSPS) is 16.0. The fourth-order valence-corrected chi connectivity index (χ4v) is 2.38. The Labute approximate surface area is 125 Å². The predicted molar refractivity (Wildman–Crippen MR) is 80.7 cm³/mol. The molecule has 1 aliphatic rings. The van der Waals surface area contributed by atoms with Crippen LogP contribution in [0.4, 0.5) is 4.39 Å². The summed E-state index contributed by atoms with van der Waals surface area (Å²) < 4.78 is 18.5. The summed E-state index contributed by atoms with van der Waals surface area (Å²) in [6.45, 7) is 2.50. The van der Waals surface area contributed by atoms with Gasteiger partial charge in [-0.05, 0) is 56.4 Å². The highest BCUT2D eigenvalue weighted by atomic mass is 19.1. The summed E-state index contributed by atoms with van der Waals surface area (Å²) in [6, 6.07) is 5.73. The van der Waals surface area contributed by atoms with Gasteiger partial charge in [0.1, 0.15) is 11.6 Å². The van der Waals surface area contributed by atoms with Gasteiger partial charge in [-0.3, -0.25) is 4.79 Å². The Balaban J connectivity index is 1.86. The number of ether oxygens (including phenoxy) is 1. The summed E-state index contributed by atoms with van der Waals surface area (Å²) in [5.74, 6) is 0.0765. The molecule has 0 unspecified atom stereocenters. The molecule has 0 heterocycles. The summed E-state index contributed by atoms with van der Waals surface area (Å²) in [5, 5.41) is 2.93. The van der Waals surface area contributed by atoms with E-state index < -0.39 is 6.10 Å². The van der Waals surface area contributed by atoms with Crippen molar-refractivity contribution < 1.29 is 13.9 Å². The molecule has 1 N–H and O–H groups in total. The zero-order chi connectivity index (χ0) is 15.1. The molecule has 1 aromatic rings. The van der Waals surface area contributed by atoms with Crippen molar-refractivity contribution in [3.63, 3.8) is 0 Å². The molecule has 0 saturated carbocycles. The van der Waals surface area contributed by atoms with Gasteiger partial charge >= 0.3 is 0 Å². The summed E-state index contributed by atoms with van der Waals surface area (Å²) in [7, 11) is 0. The van der Waals surface area contributed by atoms with Crippen LogP contribution in [-0.4, -0.2) is 18.6 Å². The summed E-state index contributed by atoms with van der Waals surface area (Å²) in [6.07, 6.45) is 6.85. The van der Waals surface area contributed by atoms with Crippen molar-refractivity contribution >= 4 is 5.91 Å². The first kappa shape index (κ1) is 15.5. The van der Waals surface area contributed by atoms with E-state index in [9.17, 15) is 9.18 Å². The molecule has 4 heteroatoms. The van der Waals surface area contributed by atoms with Gasteiger partial charge in [-0.15, -0.1) is 0 Å². The number of rotatable bonds is 6. The van der Waals surface area contributed by atoms with Crippen molar-refractivity contribution in [3.8, 4) is 5.75 Å². The monoisotopic (exact) mass is 291 g/mol. The fourth-order valence-electron chi connectivity index (χ4n) is 2.38. The van der Waals surface area contributed by atoms with Gasteiger partial charge in [0.2, 0.25) is 0 Å². The van der Waals surface area contributed by atoms with E-state index in [0.717, 1.165) is 12.8 Å². The third kappa shape index (κ3) is 4.88. The molecule has 1 amide bonds.